The normalized spacial score (nSPS) is 10.0. The van der Waals surface area contributed by atoms with Gasteiger partial charge in [0, 0.05) is 5.56 Å². The molecule has 0 aliphatic heterocycles. The van der Waals surface area contributed by atoms with E-state index in [1.807, 2.05) is 0 Å². The second-order valence-electron chi connectivity index (χ2n) is 3.93. The minimum atomic E-state index is -0.567. The van der Waals surface area contributed by atoms with Crippen molar-refractivity contribution < 1.29 is 19.0 Å². The summed E-state index contributed by atoms with van der Waals surface area (Å²) in [4.78, 5) is 18.9. The summed E-state index contributed by atoms with van der Waals surface area (Å²) in [6.45, 7) is 0. The lowest BCUT2D eigenvalue weighted by Gasteiger charge is -2.12. The Hall–Kier alpha value is -3.03. The van der Waals surface area contributed by atoms with Gasteiger partial charge in [-0.25, -0.2) is 0 Å². The SMILES string of the molecule is COc1cc(C(N)=O)ccc1Oc1ncnc(OC)c1N. The minimum Gasteiger partial charge on any atom is -0.493 e. The molecule has 0 saturated heterocycles. The highest BCUT2D eigenvalue weighted by atomic mass is 16.5. The van der Waals surface area contributed by atoms with Crippen LogP contribution in [0.2, 0.25) is 0 Å². The van der Waals surface area contributed by atoms with Crippen molar-refractivity contribution in [1.29, 1.82) is 0 Å². The molecule has 110 valence electrons. The Bertz CT molecular complexity index is 675. The van der Waals surface area contributed by atoms with Gasteiger partial charge in [0.25, 0.3) is 0 Å². The number of hydrogen-bond acceptors (Lipinski definition) is 7. The average Bonchev–Trinajstić information content (AvgIpc) is 2.49. The van der Waals surface area contributed by atoms with Gasteiger partial charge in [-0.15, -0.1) is 0 Å². The van der Waals surface area contributed by atoms with Crippen molar-refractivity contribution in [2.24, 2.45) is 5.73 Å². The number of aromatic nitrogens is 2. The van der Waals surface area contributed by atoms with E-state index < -0.39 is 5.91 Å². The first-order valence-corrected chi connectivity index (χ1v) is 5.87. The Morgan fingerprint density at radius 1 is 1.10 bits per heavy atom. The highest BCUT2D eigenvalue weighted by molar-refractivity contribution is 5.93. The van der Waals surface area contributed by atoms with Crippen LogP contribution in [-0.2, 0) is 0 Å². The van der Waals surface area contributed by atoms with Crippen LogP contribution in [0.25, 0.3) is 0 Å². The van der Waals surface area contributed by atoms with Gasteiger partial charge in [-0.05, 0) is 18.2 Å². The first-order chi connectivity index (χ1) is 10.1. The lowest BCUT2D eigenvalue weighted by atomic mass is 10.2. The van der Waals surface area contributed by atoms with Crippen LogP contribution in [-0.4, -0.2) is 30.1 Å². The summed E-state index contributed by atoms with van der Waals surface area (Å²) in [5.74, 6) is 0.404. The van der Waals surface area contributed by atoms with Gasteiger partial charge in [-0.1, -0.05) is 0 Å². The van der Waals surface area contributed by atoms with E-state index in [0.29, 0.717) is 17.1 Å². The molecule has 1 aromatic carbocycles. The molecule has 0 bridgehead atoms. The molecule has 2 aromatic rings. The molecule has 21 heavy (non-hydrogen) atoms. The topological polar surface area (TPSA) is 123 Å². The third-order valence-corrected chi connectivity index (χ3v) is 2.66. The fraction of sp³-hybridized carbons (Fsp3) is 0.154. The lowest BCUT2D eigenvalue weighted by Crippen LogP contribution is -2.11. The van der Waals surface area contributed by atoms with E-state index in [1.54, 1.807) is 0 Å². The number of benzene rings is 1. The van der Waals surface area contributed by atoms with Crippen LogP contribution < -0.4 is 25.7 Å². The molecule has 0 unspecified atom stereocenters. The number of ether oxygens (including phenoxy) is 3. The van der Waals surface area contributed by atoms with Crippen LogP contribution in [0, 0.1) is 0 Å². The van der Waals surface area contributed by atoms with Gasteiger partial charge in [0.15, 0.2) is 17.2 Å². The molecule has 2 rings (SSSR count). The van der Waals surface area contributed by atoms with Crippen molar-refractivity contribution in [3.8, 4) is 23.3 Å². The Morgan fingerprint density at radius 3 is 2.43 bits per heavy atom. The summed E-state index contributed by atoms with van der Waals surface area (Å²) in [7, 11) is 2.88. The van der Waals surface area contributed by atoms with E-state index in [9.17, 15) is 4.79 Å². The average molecular weight is 290 g/mol. The Balaban J connectivity index is 2.38. The summed E-state index contributed by atoms with van der Waals surface area (Å²) in [6, 6.07) is 4.51. The molecular weight excluding hydrogens is 276 g/mol. The third-order valence-electron chi connectivity index (χ3n) is 2.66. The summed E-state index contributed by atoms with van der Waals surface area (Å²) in [6.07, 6.45) is 1.26. The maximum atomic E-state index is 11.1. The number of nitrogens with two attached hydrogens (primary N) is 2. The van der Waals surface area contributed by atoms with Crippen molar-refractivity contribution in [2.75, 3.05) is 20.0 Å². The predicted molar refractivity (Wildman–Crippen MR) is 74.6 cm³/mol. The van der Waals surface area contributed by atoms with Gasteiger partial charge in [0.05, 0.1) is 14.2 Å². The first-order valence-electron chi connectivity index (χ1n) is 5.87. The zero-order chi connectivity index (χ0) is 15.4. The quantitative estimate of drug-likeness (QED) is 0.840. The second-order valence-corrected chi connectivity index (χ2v) is 3.93. The van der Waals surface area contributed by atoms with Crippen LogP contribution in [0.5, 0.6) is 23.3 Å². The monoisotopic (exact) mass is 290 g/mol. The molecular formula is C13H14N4O4. The number of methoxy groups -OCH3 is 2. The number of primary amides is 1. The van der Waals surface area contributed by atoms with Crippen LogP contribution >= 0.6 is 0 Å². The molecule has 0 saturated carbocycles. The number of carbonyl (C=O) groups is 1. The molecule has 0 radical (unpaired) electrons. The highest BCUT2D eigenvalue weighted by Crippen LogP contribution is 2.35. The van der Waals surface area contributed by atoms with Crippen molar-refractivity contribution >= 4 is 11.6 Å². The van der Waals surface area contributed by atoms with Crippen LogP contribution in [0.15, 0.2) is 24.5 Å². The first kappa shape index (κ1) is 14.4. The largest absolute Gasteiger partial charge is 0.493 e. The van der Waals surface area contributed by atoms with E-state index in [4.69, 9.17) is 25.7 Å². The predicted octanol–water partition coefficient (Wildman–Crippen LogP) is 0.967. The zero-order valence-corrected chi connectivity index (χ0v) is 11.5. The van der Waals surface area contributed by atoms with Gasteiger partial charge in [0.1, 0.15) is 6.33 Å². The summed E-state index contributed by atoms with van der Waals surface area (Å²) in [5, 5.41) is 0. The molecule has 0 spiro atoms. The van der Waals surface area contributed by atoms with Crippen molar-refractivity contribution in [3.05, 3.63) is 30.1 Å². The number of amides is 1. The molecule has 0 fully saturated rings. The molecule has 0 aliphatic rings. The Labute approximate surface area is 120 Å². The molecule has 0 aliphatic carbocycles. The van der Waals surface area contributed by atoms with Gasteiger partial charge < -0.3 is 25.7 Å². The van der Waals surface area contributed by atoms with Crippen molar-refractivity contribution in [1.82, 2.24) is 9.97 Å². The standard InChI is InChI=1S/C13H14N4O4/c1-19-9-5-7(11(15)18)3-4-8(9)21-13-10(14)12(20-2)16-6-17-13/h3-6H,14H2,1-2H3,(H2,15,18). The van der Waals surface area contributed by atoms with Gasteiger partial charge >= 0.3 is 0 Å². The van der Waals surface area contributed by atoms with Crippen LogP contribution in [0.4, 0.5) is 5.69 Å². The molecule has 1 amide bonds. The number of nitrogens with zero attached hydrogens (tertiary/aromatic N) is 2. The Morgan fingerprint density at radius 2 is 1.81 bits per heavy atom. The van der Waals surface area contributed by atoms with Gasteiger partial charge in [-0.2, -0.15) is 9.97 Å². The second kappa shape index (κ2) is 5.95. The maximum absolute atomic E-state index is 11.1. The summed E-state index contributed by atoms with van der Waals surface area (Å²) >= 11 is 0. The molecule has 0 atom stereocenters. The molecule has 8 heteroatoms. The number of nitrogen functional groups attached to an aromatic ring is 1. The van der Waals surface area contributed by atoms with Crippen LogP contribution in [0.3, 0.4) is 0 Å². The lowest BCUT2D eigenvalue weighted by molar-refractivity contribution is 0.1000. The van der Waals surface area contributed by atoms with Gasteiger partial charge in [0.2, 0.25) is 17.7 Å². The molecule has 1 aromatic heterocycles. The molecule has 1 heterocycles. The summed E-state index contributed by atoms with van der Waals surface area (Å²) in [5.41, 5.74) is 11.5. The van der Waals surface area contributed by atoms with Gasteiger partial charge in [-0.3, -0.25) is 4.79 Å². The van der Waals surface area contributed by atoms with E-state index in [2.05, 4.69) is 9.97 Å². The number of carbonyl (C=O) groups excluding carboxylic acids is 1. The third kappa shape index (κ3) is 2.94. The fourth-order valence-corrected chi connectivity index (χ4v) is 1.62. The van der Waals surface area contributed by atoms with Crippen LogP contribution in [0.1, 0.15) is 10.4 Å². The smallest absolute Gasteiger partial charge is 0.250 e. The highest BCUT2D eigenvalue weighted by Gasteiger charge is 2.14. The van der Waals surface area contributed by atoms with Crippen molar-refractivity contribution in [2.45, 2.75) is 0 Å². The number of hydrogen-bond donors (Lipinski definition) is 2. The summed E-state index contributed by atoms with van der Waals surface area (Å²) < 4.78 is 15.7. The molecule has 4 N–H and O–H groups in total. The van der Waals surface area contributed by atoms with Crippen molar-refractivity contribution in [3.63, 3.8) is 0 Å². The number of anilines is 1. The van der Waals surface area contributed by atoms with E-state index in [1.165, 1.54) is 38.7 Å². The fourth-order valence-electron chi connectivity index (χ4n) is 1.62. The minimum absolute atomic E-state index is 0.118. The van der Waals surface area contributed by atoms with E-state index in [0.717, 1.165) is 0 Å². The Kier molecular flexibility index (Phi) is 4.07. The zero-order valence-electron chi connectivity index (χ0n) is 11.5. The maximum Gasteiger partial charge on any atom is 0.250 e. The van der Waals surface area contributed by atoms with E-state index >= 15 is 0 Å². The molecule has 8 nitrogen and oxygen atoms in total. The number of rotatable bonds is 5. The van der Waals surface area contributed by atoms with E-state index in [-0.39, 0.29) is 17.4 Å².